The molecule has 0 amide bonds. The number of hydrogen-bond acceptors (Lipinski definition) is 5. The van der Waals surface area contributed by atoms with E-state index in [-0.39, 0.29) is 0 Å². The van der Waals surface area contributed by atoms with E-state index in [0.717, 1.165) is 37.4 Å². The van der Waals surface area contributed by atoms with Crippen LogP contribution in [0.5, 0.6) is 0 Å². The van der Waals surface area contributed by atoms with Gasteiger partial charge in [0, 0.05) is 36.5 Å². The van der Waals surface area contributed by atoms with Gasteiger partial charge in [0.05, 0.1) is 5.69 Å². The molecule has 0 saturated carbocycles. The molecule has 2 aromatic heterocycles. The van der Waals surface area contributed by atoms with Crippen LogP contribution in [0.4, 0.5) is 0 Å². The Morgan fingerprint density at radius 3 is 3.11 bits per heavy atom. The second kappa shape index (κ2) is 5.61. The van der Waals surface area contributed by atoms with E-state index in [2.05, 4.69) is 16.0 Å². The second-order valence-corrected chi connectivity index (χ2v) is 6.55. The van der Waals surface area contributed by atoms with Crippen molar-refractivity contribution in [3.63, 3.8) is 0 Å². The van der Waals surface area contributed by atoms with Gasteiger partial charge in [0.25, 0.3) is 0 Å². The van der Waals surface area contributed by atoms with Gasteiger partial charge in [-0.25, -0.2) is 4.98 Å². The number of hydrogen-bond donors (Lipinski definition) is 1. The number of nitrogens with two attached hydrogens (primary N) is 1. The Hall–Kier alpha value is -0.560. The molecule has 0 atom stereocenters. The Bertz CT molecular complexity index is 516. The molecule has 3 rings (SSSR count). The molecule has 0 radical (unpaired) electrons. The van der Waals surface area contributed by atoms with E-state index in [1.165, 1.54) is 10.7 Å². The van der Waals surface area contributed by atoms with Crippen molar-refractivity contribution in [3.8, 4) is 0 Å². The maximum absolute atomic E-state index is 5.71. The van der Waals surface area contributed by atoms with E-state index < -0.39 is 0 Å². The molecule has 0 unspecified atom stereocenters. The van der Waals surface area contributed by atoms with E-state index in [0.29, 0.717) is 11.8 Å². The minimum atomic E-state index is 0.639. The van der Waals surface area contributed by atoms with Gasteiger partial charge in [0.1, 0.15) is 5.03 Å². The van der Waals surface area contributed by atoms with E-state index >= 15 is 0 Å². The van der Waals surface area contributed by atoms with Crippen LogP contribution in [-0.4, -0.2) is 34.4 Å². The van der Waals surface area contributed by atoms with Crippen LogP contribution in [0.15, 0.2) is 16.6 Å². The zero-order valence-electron chi connectivity index (χ0n) is 10.2. The summed E-state index contributed by atoms with van der Waals surface area (Å²) in [4.78, 5) is 5.81. The van der Waals surface area contributed by atoms with Crippen molar-refractivity contribution in [2.24, 2.45) is 5.73 Å². The zero-order valence-corrected chi connectivity index (χ0v) is 11.8. The summed E-state index contributed by atoms with van der Waals surface area (Å²) < 4.78 is 7.58. The van der Waals surface area contributed by atoms with Crippen LogP contribution in [0.25, 0.3) is 4.96 Å². The summed E-state index contributed by atoms with van der Waals surface area (Å²) in [6.45, 7) is 2.43. The molecule has 0 bridgehead atoms. The molecule has 4 nitrogen and oxygen atoms in total. The summed E-state index contributed by atoms with van der Waals surface area (Å²) in [6.07, 6.45) is 5.23. The minimum absolute atomic E-state index is 0.639. The zero-order chi connectivity index (χ0) is 12.4. The molecule has 2 aromatic rings. The maximum atomic E-state index is 5.71. The lowest BCUT2D eigenvalue weighted by molar-refractivity contribution is 0.1000. The van der Waals surface area contributed by atoms with Gasteiger partial charge in [0.2, 0.25) is 0 Å². The topological polar surface area (TPSA) is 52.5 Å². The van der Waals surface area contributed by atoms with Crippen molar-refractivity contribution in [3.05, 3.63) is 17.3 Å². The van der Waals surface area contributed by atoms with E-state index in [1.54, 1.807) is 11.3 Å². The third kappa shape index (κ3) is 2.42. The van der Waals surface area contributed by atoms with Crippen molar-refractivity contribution in [2.45, 2.75) is 29.5 Å². The summed E-state index contributed by atoms with van der Waals surface area (Å²) >= 11 is 3.58. The molecule has 1 fully saturated rings. The molecule has 3 heterocycles. The predicted molar refractivity (Wildman–Crippen MR) is 75.5 cm³/mol. The third-order valence-electron chi connectivity index (χ3n) is 3.15. The average Bonchev–Trinajstić information content (AvgIpc) is 2.95. The molecular formula is C12H17N3OS2. The standard InChI is InChI=1S/C12H17N3OS2/c13-4-1-10-11(14-12-15(10)5-8-17-12)18-9-2-6-16-7-3-9/h5,8-9H,1-4,6-7,13H2. The summed E-state index contributed by atoms with van der Waals surface area (Å²) in [5.41, 5.74) is 6.98. The molecule has 18 heavy (non-hydrogen) atoms. The Morgan fingerprint density at radius 2 is 2.33 bits per heavy atom. The Kier molecular flexibility index (Phi) is 3.88. The maximum Gasteiger partial charge on any atom is 0.194 e. The first-order valence-electron chi connectivity index (χ1n) is 6.27. The number of thiazole rings is 1. The predicted octanol–water partition coefficient (Wildman–Crippen LogP) is 2.17. The van der Waals surface area contributed by atoms with Crippen LogP contribution in [0.2, 0.25) is 0 Å². The molecule has 6 heteroatoms. The average molecular weight is 283 g/mol. The molecule has 0 aliphatic carbocycles. The van der Waals surface area contributed by atoms with Gasteiger partial charge in [-0.15, -0.1) is 23.1 Å². The van der Waals surface area contributed by atoms with Crippen molar-refractivity contribution in [2.75, 3.05) is 19.8 Å². The second-order valence-electron chi connectivity index (χ2n) is 4.39. The highest BCUT2D eigenvalue weighted by Crippen LogP contribution is 2.33. The van der Waals surface area contributed by atoms with Crippen molar-refractivity contribution >= 4 is 28.1 Å². The van der Waals surface area contributed by atoms with Crippen LogP contribution in [0.1, 0.15) is 18.5 Å². The minimum Gasteiger partial charge on any atom is -0.381 e. The smallest absolute Gasteiger partial charge is 0.194 e. The van der Waals surface area contributed by atoms with Gasteiger partial charge in [-0.2, -0.15) is 0 Å². The highest BCUT2D eigenvalue weighted by atomic mass is 32.2. The van der Waals surface area contributed by atoms with Gasteiger partial charge in [-0.1, -0.05) is 0 Å². The molecule has 1 aliphatic heterocycles. The quantitative estimate of drug-likeness (QED) is 0.934. The molecule has 2 N–H and O–H groups in total. The van der Waals surface area contributed by atoms with Crippen LogP contribution in [-0.2, 0) is 11.2 Å². The van der Waals surface area contributed by atoms with Gasteiger partial charge in [-0.05, 0) is 19.4 Å². The molecule has 0 aromatic carbocycles. The van der Waals surface area contributed by atoms with Crippen LogP contribution in [0, 0.1) is 0 Å². The first-order chi connectivity index (χ1) is 8.88. The number of aromatic nitrogens is 2. The Morgan fingerprint density at radius 1 is 1.50 bits per heavy atom. The molecule has 0 spiro atoms. The normalized spacial score (nSPS) is 17.6. The largest absolute Gasteiger partial charge is 0.381 e. The highest BCUT2D eigenvalue weighted by Gasteiger charge is 2.20. The Labute approximate surface area is 115 Å². The molecule has 98 valence electrons. The summed E-state index contributed by atoms with van der Waals surface area (Å²) in [5.74, 6) is 0. The monoisotopic (exact) mass is 283 g/mol. The van der Waals surface area contributed by atoms with Crippen molar-refractivity contribution < 1.29 is 4.74 Å². The van der Waals surface area contributed by atoms with E-state index in [4.69, 9.17) is 15.5 Å². The first-order valence-corrected chi connectivity index (χ1v) is 8.03. The molecule has 1 aliphatic rings. The lowest BCUT2D eigenvalue weighted by Gasteiger charge is -2.20. The number of thioether (sulfide) groups is 1. The van der Waals surface area contributed by atoms with Gasteiger partial charge in [-0.3, -0.25) is 4.40 Å². The fourth-order valence-corrected chi connectivity index (χ4v) is 4.23. The van der Waals surface area contributed by atoms with Crippen molar-refractivity contribution in [1.29, 1.82) is 0 Å². The number of rotatable bonds is 4. The number of nitrogens with zero attached hydrogens (tertiary/aromatic N) is 2. The fourth-order valence-electron chi connectivity index (χ4n) is 2.22. The van der Waals surface area contributed by atoms with Gasteiger partial charge >= 0.3 is 0 Å². The highest BCUT2D eigenvalue weighted by molar-refractivity contribution is 7.99. The summed E-state index contributed by atoms with van der Waals surface area (Å²) in [6, 6.07) is 0. The van der Waals surface area contributed by atoms with Crippen LogP contribution in [0.3, 0.4) is 0 Å². The van der Waals surface area contributed by atoms with Crippen molar-refractivity contribution in [1.82, 2.24) is 9.38 Å². The molecule has 1 saturated heterocycles. The lowest BCUT2D eigenvalue weighted by Crippen LogP contribution is -2.17. The number of fused-ring (bicyclic) bond motifs is 1. The van der Waals surface area contributed by atoms with Crippen LogP contribution < -0.4 is 5.73 Å². The molecular weight excluding hydrogens is 266 g/mol. The summed E-state index contributed by atoms with van der Waals surface area (Å²) in [5, 5.41) is 3.88. The van der Waals surface area contributed by atoms with Gasteiger partial charge < -0.3 is 10.5 Å². The summed E-state index contributed by atoms with van der Waals surface area (Å²) in [7, 11) is 0. The van der Waals surface area contributed by atoms with Crippen LogP contribution >= 0.6 is 23.1 Å². The lowest BCUT2D eigenvalue weighted by atomic mass is 10.2. The number of ether oxygens (including phenoxy) is 1. The number of imidazole rings is 1. The SMILES string of the molecule is NCCc1c(SC2CCOCC2)nc2sccn12. The first kappa shape index (κ1) is 12.5. The van der Waals surface area contributed by atoms with E-state index in [1.807, 2.05) is 11.8 Å². The Balaban J connectivity index is 1.84. The fraction of sp³-hybridized carbons (Fsp3) is 0.583. The van der Waals surface area contributed by atoms with Gasteiger partial charge in [0.15, 0.2) is 4.96 Å². The third-order valence-corrected chi connectivity index (χ3v) is 5.26. The van der Waals surface area contributed by atoms with E-state index in [9.17, 15) is 0 Å².